The summed E-state index contributed by atoms with van der Waals surface area (Å²) in [6.45, 7) is 3.83. The lowest BCUT2D eigenvalue weighted by Crippen LogP contribution is -2.08. The van der Waals surface area contributed by atoms with Gasteiger partial charge in [0.25, 0.3) is 5.78 Å². The number of esters is 1. The van der Waals surface area contributed by atoms with E-state index in [4.69, 9.17) is 4.74 Å². The van der Waals surface area contributed by atoms with Crippen molar-refractivity contribution < 1.29 is 9.53 Å². The van der Waals surface area contributed by atoms with E-state index in [1.54, 1.807) is 41.2 Å². The topological polar surface area (TPSA) is 94.3 Å². The molecule has 0 saturated carbocycles. The van der Waals surface area contributed by atoms with Crippen LogP contribution in [-0.2, 0) is 0 Å². The van der Waals surface area contributed by atoms with Crippen LogP contribution in [0.4, 0.5) is 11.5 Å². The molecule has 8 heteroatoms. The van der Waals surface area contributed by atoms with Gasteiger partial charge in [0.2, 0.25) is 0 Å². The van der Waals surface area contributed by atoms with Crippen molar-refractivity contribution >= 4 is 23.3 Å². The van der Waals surface area contributed by atoms with Crippen LogP contribution in [0.1, 0.15) is 21.6 Å². The number of benzene rings is 2. The van der Waals surface area contributed by atoms with Crippen LogP contribution in [0.5, 0.6) is 5.75 Å². The van der Waals surface area contributed by atoms with E-state index < -0.39 is 5.97 Å². The molecule has 3 aromatic heterocycles. The maximum atomic E-state index is 12.4. The highest BCUT2D eigenvalue weighted by Crippen LogP contribution is 2.23. The predicted octanol–water partition coefficient (Wildman–Crippen LogP) is 4.77. The number of fused-ring (bicyclic) bond motifs is 1. The lowest BCUT2D eigenvalue weighted by atomic mass is 10.1. The van der Waals surface area contributed by atoms with Crippen molar-refractivity contribution in [2.45, 2.75) is 13.8 Å². The molecule has 0 atom stereocenters. The van der Waals surface area contributed by atoms with Gasteiger partial charge in [-0.3, -0.25) is 4.98 Å². The molecule has 1 N–H and O–H groups in total. The highest BCUT2D eigenvalue weighted by atomic mass is 16.5. The highest BCUT2D eigenvalue weighted by Gasteiger charge is 2.13. The van der Waals surface area contributed by atoms with E-state index in [2.05, 4.69) is 25.4 Å². The predicted molar refractivity (Wildman–Crippen MR) is 125 cm³/mol. The maximum absolute atomic E-state index is 12.4. The normalized spacial score (nSPS) is 10.8. The second-order valence-electron chi connectivity index (χ2n) is 7.58. The number of carbonyl (C=O) groups excluding carboxylic acids is 1. The number of carbonyl (C=O) groups is 1. The fourth-order valence-electron chi connectivity index (χ4n) is 3.39. The van der Waals surface area contributed by atoms with Gasteiger partial charge < -0.3 is 10.1 Å². The van der Waals surface area contributed by atoms with Gasteiger partial charge in [0, 0.05) is 35.4 Å². The zero-order valence-corrected chi connectivity index (χ0v) is 18.1. The average Bonchev–Trinajstić information content (AvgIpc) is 3.25. The second-order valence-corrected chi connectivity index (χ2v) is 7.58. The number of rotatable bonds is 5. The number of nitrogens with one attached hydrogen (secondary N) is 1. The summed E-state index contributed by atoms with van der Waals surface area (Å²) < 4.78 is 7.15. The molecule has 0 fully saturated rings. The Hall–Kier alpha value is -4.59. The number of aryl methyl sites for hydroxylation is 2. The fraction of sp³-hybridized carbons (Fsp3) is 0.0800. The molecule has 3 heterocycles. The Morgan fingerprint density at radius 2 is 1.82 bits per heavy atom. The van der Waals surface area contributed by atoms with Crippen LogP contribution in [0.2, 0.25) is 0 Å². The summed E-state index contributed by atoms with van der Waals surface area (Å²) in [4.78, 5) is 25.5. The highest BCUT2D eigenvalue weighted by molar-refractivity contribution is 5.91. The van der Waals surface area contributed by atoms with Crippen LogP contribution in [0, 0.1) is 13.8 Å². The first-order valence-electron chi connectivity index (χ1n) is 10.4. The van der Waals surface area contributed by atoms with E-state index in [9.17, 15) is 4.79 Å². The number of hydrogen-bond donors (Lipinski definition) is 1. The molecule has 8 nitrogen and oxygen atoms in total. The number of anilines is 2. The molecule has 0 bridgehead atoms. The molecule has 0 radical (unpaired) electrons. The van der Waals surface area contributed by atoms with E-state index >= 15 is 0 Å². The van der Waals surface area contributed by atoms with E-state index in [0.717, 1.165) is 22.5 Å². The number of hydrogen-bond acceptors (Lipinski definition) is 7. The molecular formula is C25H20N6O2. The maximum Gasteiger partial charge on any atom is 0.343 e. The van der Waals surface area contributed by atoms with Gasteiger partial charge in [-0.15, -0.1) is 5.10 Å². The first-order chi connectivity index (χ1) is 16.0. The Morgan fingerprint density at radius 3 is 2.58 bits per heavy atom. The third-order valence-electron chi connectivity index (χ3n) is 4.95. The number of aromatic nitrogens is 5. The van der Waals surface area contributed by atoms with Crippen LogP contribution in [0.15, 0.2) is 79.1 Å². The summed E-state index contributed by atoms with van der Waals surface area (Å²) in [6, 6.07) is 20.1. The van der Waals surface area contributed by atoms with Crippen LogP contribution in [-0.4, -0.2) is 30.5 Å². The molecule has 0 aliphatic heterocycles. The monoisotopic (exact) mass is 436 g/mol. The summed E-state index contributed by atoms with van der Waals surface area (Å²) in [7, 11) is 0. The summed E-state index contributed by atoms with van der Waals surface area (Å²) in [5.41, 5.74) is 3.94. The molecule has 33 heavy (non-hydrogen) atoms. The molecule has 162 valence electrons. The minimum Gasteiger partial charge on any atom is -0.423 e. The summed E-state index contributed by atoms with van der Waals surface area (Å²) >= 11 is 0. The summed E-state index contributed by atoms with van der Waals surface area (Å²) in [6.07, 6.45) is 3.42. The molecule has 5 rings (SSSR count). The molecular weight excluding hydrogens is 416 g/mol. The average molecular weight is 436 g/mol. The minimum atomic E-state index is -0.392. The van der Waals surface area contributed by atoms with Gasteiger partial charge >= 0.3 is 5.97 Å². The second kappa shape index (κ2) is 8.51. The number of nitrogens with zero attached hydrogens (tertiary/aromatic N) is 5. The largest absolute Gasteiger partial charge is 0.423 e. The standard InChI is InChI=1S/C25H20N6O2/c1-16-5-3-6-18(13-16)24(32)33-21-10-8-20(9-11-21)28-22-14-17(2)27-25-29-23(30-31(22)25)19-7-4-12-26-15-19/h3-15,28H,1-2H3. The van der Waals surface area contributed by atoms with Crippen molar-refractivity contribution in [3.8, 4) is 17.1 Å². The zero-order chi connectivity index (χ0) is 22.8. The van der Waals surface area contributed by atoms with Gasteiger partial charge in [0.15, 0.2) is 5.82 Å². The summed E-state index contributed by atoms with van der Waals surface area (Å²) in [5, 5.41) is 7.93. The van der Waals surface area contributed by atoms with E-state index in [1.807, 2.05) is 56.3 Å². The van der Waals surface area contributed by atoms with Crippen molar-refractivity contribution in [2.75, 3.05) is 5.32 Å². The Balaban J connectivity index is 1.37. The quantitative estimate of drug-likeness (QED) is 0.313. The van der Waals surface area contributed by atoms with Gasteiger partial charge in [-0.25, -0.2) is 9.78 Å². The van der Waals surface area contributed by atoms with E-state index in [1.165, 1.54) is 0 Å². The van der Waals surface area contributed by atoms with Gasteiger partial charge in [-0.1, -0.05) is 17.7 Å². The first-order valence-corrected chi connectivity index (χ1v) is 10.4. The molecule has 0 spiro atoms. The van der Waals surface area contributed by atoms with E-state index in [-0.39, 0.29) is 0 Å². The Morgan fingerprint density at radius 1 is 0.970 bits per heavy atom. The van der Waals surface area contributed by atoms with Crippen molar-refractivity contribution in [1.82, 2.24) is 24.6 Å². The molecule has 0 unspecified atom stereocenters. The van der Waals surface area contributed by atoms with Crippen molar-refractivity contribution in [1.29, 1.82) is 0 Å². The SMILES string of the molecule is Cc1cccc(C(=O)Oc2ccc(Nc3cc(C)nc4nc(-c5cccnc5)nn34)cc2)c1. The Bertz CT molecular complexity index is 1450. The summed E-state index contributed by atoms with van der Waals surface area (Å²) in [5.74, 6) is 1.81. The molecule has 2 aromatic carbocycles. The third kappa shape index (κ3) is 4.40. The van der Waals surface area contributed by atoms with Gasteiger partial charge in [-0.2, -0.15) is 9.50 Å². The Kier molecular flexibility index (Phi) is 5.24. The molecule has 5 aromatic rings. The van der Waals surface area contributed by atoms with Crippen LogP contribution in [0.25, 0.3) is 17.2 Å². The van der Waals surface area contributed by atoms with Crippen molar-refractivity contribution in [3.05, 3.63) is 95.9 Å². The number of pyridine rings is 1. The number of ether oxygens (including phenoxy) is 1. The Labute approximate surface area is 189 Å². The third-order valence-corrected chi connectivity index (χ3v) is 4.95. The van der Waals surface area contributed by atoms with Crippen LogP contribution < -0.4 is 10.1 Å². The van der Waals surface area contributed by atoms with Crippen LogP contribution in [0.3, 0.4) is 0 Å². The van der Waals surface area contributed by atoms with Gasteiger partial charge in [0.1, 0.15) is 11.6 Å². The molecule has 0 saturated heterocycles. The van der Waals surface area contributed by atoms with Crippen molar-refractivity contribution in [3.63, 3.8) is 0 Å². The minimum absolute atomic E-state index is 0.392. The smallest absolute Gasteiger partial charge is 0.343 e. The lowest BCUT2D eigenvalue weighted by Gasteiger charge is -2.10. The molecule has 0 aliphatic rings. The molecule has 0 amide bonds. The van der Waals surface area contributed by atoms with Gasteiger partial charge in [-0.05, 0) is 62.4 Å². The van der Waals surface area contributed by atoms with Crippen LogP contribution >= 0.6 is 0 Å². The molecule has 0 aliphatic carbocycles. The van der Waals surface area contributed by atoms with Crippen molar-refractivity contribution in [2.24, 2.45) is 0 Å². The van der Waals surface area contributed by atoms with Gasteiger partial charge in [0.05, 0.1) is 5.56 Å². The lowest BCUT2D eigenvalue weighted by molar-refractivity contribution is 0.0734. The van der Waals surface area contributed by atoms with E-state index in [0.29, 0.717) is 28.7 Å². The fourth-order valence-corrected chi connectivity index (χ4v) is 3.39. The zero-order valence-electron chi connectivity index (χ0n) is 18.1. The first kappa shape index (κ1) is 20.3.